The highest BCUT2D eigenvalue weighted by Crippen LogP contribution is 2.30. The second-order valence-electron chi connectivity index (χ2n) is 5.36. The molecule has 1 N–H and O–H groups in total. The molecular weight excluding hydrogens is 327 g/mol. The Morgan fingerprint density at radius 1 is 1.21 bits per heavy atom. The molecule has 3 heterocycles. The van der Waals surface area contributed by atoms with Crippen LogP contribution in [0.3, 0.4) is 0 Å². The summed E-state index contributed by atoms with van der Waals surface area (Å²) in [6.07, 6.45) is 5.65. The van der Waals surface area contributed by atoms with Crippen LogP contribution in [0.15, 0.2) is 53.8 Å². The van der Waals surface area contributed by atoms with Gasteiger partial charge in [0.25, 0.3) is 5.56 Å². The fourth-order valence-corrected chi connectivity index (χ4v) is 3.59. The summed E-state index contributed by atoms with van der Waals surface area (Å²) in [6.45, 7) is 0.513. The lowest BCUT2D eigenvalue weighted by Crippen LogP contribution is -2.20. The number of H-pyrrole nitrogens is 1. The number of aryl methyl sites for hydroxylation is 2. The monoisotopic (exact) mass is 340 g/mol. The Hall–Kier alpha value is -2.80. The van der Waals surface area contributed by atoms with Crippen LogP contribution in [0.4, 0.5) is 4.39 Å². The van der Waals surface area contributed by atoms with Gasteiger partial charge in [-0.05, 0) is 23.8 Å². The molecule has 0 spiro atoms. The van der Waals surface area contributed by atoms with Crippen molar-refractivity contribution in [2.75, 3.05) is 0 Å². The lowest BCUT2D eigenvalue weighted by atomic mass is 10.2. The minimum absolute atomic E-state index is 0.0649. The zero-order valence-electron chi connectivity index (χ0n) is 12.6. The number of fused-ring (bicyclic) bond motifs is 1. The number of aromatic nitrogens is 4. The topological polar surface area (TPSA) is 63.6 Å². The van der Waals surface area contributed by atoms with Crippen LogP contribution in [0.2, 0.25) is 0 Å². The van der Waals surface area contributed by atoms with E-state index in [1.54, 1.807) is 35.4 Å². The molecule has 0 atom stereocenters. The van der Waals surface area contributed by atoms with Crippen LogP contribution in [0.5, 0.6) is 0 Å². The summed E-state index contributed by atoms with van der Waals surface area (Å²) in [4.78, 5) is 25.1. The number of benzene rings is 1. The van der Waals surface area contributed by atoms with E-state index in [-0.39, 0.29) is 11.4 Å². The normalized spacial score (nSPS) is 11.2. The van der Waals surface area contributed by atoms with Gasteiger partial charge < -0.3 is 4.98 Å². The summed E-state index contributed by atoms with van der Waals surface area (Å²) in [5, 5.41) is 0. The second-order valence-corrected chi connectivity index (χ2v) is 6.41. The number of aromatic amines is 1. The molecule has 3 aromatic heterocycles. The molecule has 0 amide bonds. The highest BCUT2D eigenvalue weighted by Gasteiger charge is 2.11. The van der Waals surface area contributed by atoms with Crippen molar-refractivity contribution < 1.29 is 4.39 Å². The Labute approximate surface area is 140 Å². The van der Waals surface area contributed by atoms with Crippen LogP contribution in [0.1, 0.15) is 5.82 Å². The van der Waals surface area contributed by atoms with Crippen molar-refractivity contribution >= 4 is 21.6 Å². The third-order valence-corrected chi connectivity index (χ3v) is 4.94. The SMILES string of the molecule is O=c1c2sc(-c3ccc(F)cc3)cc2ncn1CCc1ncc[nH]1. The lowest BCUT2D eigenvalue weighted by Gasteiger charge is -2.03. The summed E-state index contributed by atoms with van der Waals surface area (Å²) in [5.74, 6) is 0.554. The molecule has 7 heteroatoms. The number of thiophene rings is 1. The van der Waals surface area contributed by atoms with Gasteiger partial charge in [-0.2, -0.15) is 0 Å². The maximum Gasteiger partial charge on any atom is 0.271 e. The Kier molecular flexibility index (Phi) is 3.70. The van der Waals surface area contributed by atoms with Gasteiger partial charge in [0.05, 0.1) is 11.8 Å². The van der Waals surface area contributed by atoms with E-state index >= 15 is 0 Å². The number of hydrogen-bond acceptors (Lipinski definition) is 4. The van der Waals surface area contributed by atoms with Gasteiger partial charge in [0.1, 0.15) is 16.3 Å². The first-order valence-electron chi connectivity index (χ1n) is 7.44. The maximum atomic E-state index is 13.1. The van der Waals surface area contributed by atoms with Gasteiger partial charge in [-0.25, -0.2) is 14.4 Å². The highest BCUT2D eigenvalue weighted by molar-refractivity contribution is 7.22. The maximum absolute atomic E-state index is 13.1. The van der Waals surface area contributed by atoms with Crippen LogP contribution in [-0.2, 0) is 13.0 Å². The standard InChI is InChI=1S/C17H13FN4OS/c18-12-3-1-11(2-4-12)14-9-13-16(24-14)17(23)22(10-21-13)8-5-15-19-6-7-20-15/h1-4,6-7,9-10H,5,8H2,(H,19,20). The average molecular weight is 340 g/mol. The largest absolute Gasteiger partial charge is 0.349 e. The zero-order valence-corrected chi connectivity index (χ0v) is 13.4. The van der Waals surface area contributed by atoms with E-state index in [1.807, 2.05) is 6.07 Å². The minimum atomic E-state index is -0.279. The van der Waals surface area contributed by atoms with E-state index in [4.69, 9.17) is 0 Å². The van der Waals surface area contributed by atoms with Gasteiger partial charge in [0.2, 0.25) is 0 Å². The molecule has 24 heavy (non-hydrogen) atoms. The molecule has 0 aliphatic heterocycles. The van der Waals surface area contributed by atoms with E-state index in [2.05, 4.69) is 15.0 Å². The van der Waals surface area contributed by atoms with Crippen molar-refractivity contribution in [3.05, 3.63) is 71.0 Å². The molecule has 0 bridgehead atoms. The van der Waals surface area contributed by atoms with Crippen molar-refractivity contribution in [1.82, 2.24) is 19.5 Å². The fraction of sp³-hybridized carbons (Fsp3) is 0.118. The first-order chi connectivity index (χ1) is 11.7. The first kappa shape index (κ1) is 14.8. The molecule has 0 aliphatic carbocycles. The van der Waals surface area contributed by atoms with Crippen LogP contribution in [-0.4, -0.2) is 19.5 Å². The molecule has 0 fully saturated rings. The molecule has 0 saturated carbocycles. The van der Waals surface area contributed by atoms with Crippen molar-refractivity contribution in [2.24, 2.45) is 0 Å². The Bertz CT molecular complexity index is 1030. The minimum Gasteiger partial charge on any atom is -0.349 e. The number of imidazole rings is 1. The van der Waals surface area contributed by atoms with E-state index in [1.165, 1.54) is 23.5 Å². The molecule has 0 unspecified atom stereocenters. The number of nitrogens with one attached hydrogen (secondary N) is 1. The van der Waals surface area contributed by atoms with E-state index < -0.39 is 0 Å². The predicted octanol–water partition coefficient (Wildman–Crippen LogP) is 3.23. The molecule has 1 aromatic carbocycles. The van der Waals surface area contributed by atoms with Crippen LogP contribution in [0.25, 0.3) is 20.7 Å². The van der Waals surface area contributed by atoms with Gasteiger partial charge >= 0.3 is 0 Å². The molecule has 0 radical (unpaired) electrons. The summed E-state index contributed by atoms with van der Waals surface area (Å²) in [7, 11) is 0. The van der Waals surface area contributed by atoms with Crippen molar-refractivity contribution in [3.63, 3.8) is 0 Å². The van der Waals surface area contributed by atoms with E-state index in [0.29, 0.717) is 23.2 Å². The third-order valence-electron chi connectivity index (χ3n) is 3.78. The second kappa shape index (κ2) is 6.01. The molecule has 5 nitrogen and oxygen atoms in total. The lowest BCUT2D eigenvalue weighted by molar-refractivity contribution is 0.628. The Balaban J connectivity index is 1.68. The van der Waals surface area contributed by atoms with Gasteiger partial charge in [0.15, 0.2) is 0 Å². The number of hydrogen-bond donors (Lipinski definition) is 1. The highest BCUT2D eigenvalue weighted by atomic mass is 32.1. The van der Waals surface area contributed by atoms with Gasteiger partial charge in [-0.1, -0.05) is 12.1 Å². The van der Waals surface area contributed by atoms with Crippen LogP contribution < -0.4 is 5.56 Å². The summed E-state index contributed by atoms with van der Waals surface area (Å²) < 4.78 is 15.3. The number of halogens is 1. The summed E-state index contributed by atoms with van der Waals surface area (Å²) >= 11 is 1.38. The number of nitrogens with zero attached hydrogens (tertiary/aromatic N) is 3. The van der Waals surface area contributed by atoms with Crippen LogP contribution >= 0.6 is 11.3 Å². The molecular formula is C17H13FN4OS. The Morgan fingerprint density at radius 2 is 2.04 bits per heavy atom. The van der Waals surface area contributed by atoms with Crippen LogP contribution in [0, 0.1) is 5.82 Å². The molecule has 0 saturated heterocycles. The molecule has 4 aromatic rings. The zero-order chi connectivity index (χ0) is 16.5. The van der Waals surface area contributed by atoms with E-state index in [9.17, 15) is 9.18 Å². The first-order valence-corrected chi connectivity index (χ1v) is 8.25. The van der Waals surface area contributed by atoms with Crippen molar-refractivity contribution in [3.8, 4) is 10.4 Å². The fourth-order valence-electron chi connectivity index (χ4n) is 2.52. The van der Waals surface area contributed by atoms with Crippen molar-refractivity contribution in [2.45, 2.75) is 13.0 Å². The molecule has 4 rings (SSSR count). The average Bonchev–Trinajstić information content (AvgIpc) is 3.24. The quantitative estimate of drug-likeness (QED) is 0.620. The van der Waals surface area contributed by atoms with Gasteiger partial charge in [-0.3, -0.25) is 9.36 Å². The van der Waals surface area contributed by atoms with E-state index in [0.717, 1.165) is 16.3 Å². The molecule has 120 valence electrons. The third kappa shape index (κ3) is 2.74. The summed E-state index contributed by atoms with van der Waals surface area (Å²) in [5.41, 5.74) is 1.48. The predicted molar refractivity (Wildman–Crippen MR) is 91.6 cm³/mol. The van der Waals surface area contributed by atoms with Crippen molar-refractivity contribution in [1.29, 1.82) is 0 Å². The molecule has 0 aliphatic rings. The van der Waals surface area contributed by atoms with Gasteiger partial charge in [-0.15, -0.1) is 11.3 Å². The van der Waals surface area contributed by atoms with Gasteiger partial charge in [0, 0.05) is 30.2 Å². The summed E-state index contributed by atoms with van der Waals surface area (Å²) in [6, 6.07) is 8.10. The Morgan fingerprint density at radius 3 is 2.79 bits per heavy atom. The number of rotatable bonds is 4. The smallest absolute Gasteiger partial charge is 0.271 e.